The van der Waals surface area contributed by atoms with Gasteiger partial charge in [0, 0.05) is 38.3 Å². The van der Waals surface area contributed by atoms with Gasteiger partial charge in [0.05, 0.1) is 37.6 Å². The number of nitrogens with one attached hydrogen (secondary N) is 3. The highest BCUT2D eigenvalue weighted by Gasteiger charge is 2.61. The molecular formula is C52H58ClF3N18O20. The number of aliphatic hydroxyl groups excluding tert-OH is 4. The van der Waals surface area contributed by atoms with Gasteiger partial charge in [-0.15, -0.1) is 0 Å². The number of ether oxygens (including phenoxy) is 7. The van der Waals surface area contributed by atoms with Gasteiger partial charge in [0.1, 0.15) is 55.9 Å². The van der Waals surface area contributed by atoms with E-state index in [9.17, 15) is 73.1 Å². The topological polar surface area (TPSA) is 538 Å². The second kappa shape index (κ2) is 33.8. The predicted molar refractivity (Wildman–Crippen MR) is 313 cm³/mol. The molecule has 94 heavy (non-hydrogen) atoms. The van der Waals surface area contributed by atoms with Gasteiger partial charge in [0.25, 0.3) is 0 Å². The number of alkyl halides is 3. The quantitative estimate of drug-likeness (QED) is 0.0145. The molecule has 8 rings (SSSR count). The number of anilines is 3. The van der Waals surface area contributed by atoms with E-state index in [1.54, 1.807) is 32.0 Å². The fraction of sp³-hybridized carbons (Fsp3) is 0.442. The number of hydrogen-bond acceptors (Lipinski definition) is 28. The zero-order chi connectivity index (χ0) is 68.2. The summed E-state index contributed by atoms with van der Waals surface area (Å²) in [5.41, 5.74) is 16.5. The van der Waals surface area contributed by atoms with Crippen molar-refractivity contribution in [2.24, 2.45) is 15.3 Å². The molecule has 0 radical (unpaired) electrons. The number of aromatic nitrogens is 6. The van der Waals surface area contributed by atoms with Gasteiger partial charge in [-0.05, 0) is 79.0 Å². The van der Waals surface area contributed by atoms with Crippen LogP contribution in [0.3, 0.4) is 0 Å². The molecule has 3 fully saturated rings. The van der Waals surface area contributed by atoms with Crippen LogP contribution in [-0.2, 0) is 47.5 Å². The molecule has 0 aliphatic carbocycles. The van der Waals surface area contributed by atoms with Crippen molar-refractivity contribution in [1.29, 1.82) is 0 Å². The van der Waals surface area contributed by atoms with Crippen molar-refractivity contribution in [3.8, 4) is 0 Å². The lowest BCUT2D eigenvalue weighted by Gasteiger charge is -2.28. The highest BCUT2D eigenvalue weighted by atomic mass is 35.5. The second-order valence-corrected chi connectivity index (χ2v) is 19.5. The standard InChI is InChI=1S/C27H24ClFN6O8.C13H17FN6O6.C11H13FN6O6.CH4/c1-2-40-20(36)14-31-19-11-12-35(26(39)32-19)23-21(29)22(42-25(38)16-7-4-3-5-8-16)27(43-23,33-34-30)15-41-24(37)17-9-6-10-18(28)13-17;1-2-25-8(22)5-16-7-3-4-20(12(24)17-7)11-9(14)10(23)13(6-21,26-11)18-19-15;12-7-8(22)11(4-19,16-17-13)24-9(7)18-2-1-5(15-10(18)23)14-3-6(20)21;/h3-13,21-23H,2,14-15H2,1H3,(H,31,32,39);3-4,9-11,21,23H,2,5-6H2,1H3,(H,16,17,24);1-2,7-9,19,22H,3-4H2,(H,20,21)(H,14,15,23);1H4/t21-,22?,23?,27+;9-,10?,11?,13+;7-,8?,9?,11+;/m000./s1. The third-order valence-electron chi connectivity index (χ3n) is 13.0. The Morgan fingerprint density at radius 1 is 0.606 bits per heavy atom. The highest BCUT2D eigenvalue weighted by Crippen LogP contribution is 2.44. The van der Waals surface area contributed by atoms with Crippen LogP contribution in [0, 0.1) is 0 Å². The van der Waals surface area contributed by atoms with Crippen molar-refractivity contribution in [3.05, 3.63) is 170 Å². The molecule has 0 amide bonds. The number of rotatable bonds is 24. The van der Waals surface area contributed by atoms with Gasteiger partial charge in [-0.3, -0.25) is 28.1 Å². The summed E-state index contributed by atoms with van der Waals surface area (Å²) in [7, 11) is 0. The number of carboxylic acids is 1. The van der Waals surface area contributed by atoms with Gasteiger partial charge in [-0.25, -0.2) is 37.1 Å². The highest BCUT2D eigenvalue weighted by molar-refractivity contribution is 6.30. The first-order valence-electron chi connectivity index (χ1n) is 26.8. The van der Waals surface area contributed by atoms with Gasteiger partial charge in [-0.1, -0.05) is 58.6 Å². The SMILES string of the molecule is C.CCOC(=O)CNc1ccn(C2O[C@@](CO)(N=[N+]=[N-])C(O)[C@@H]2F)c(=O)n1.CCOC(=O)CNc1ccn(C2O[C@@](COC(=O)c3cccc(Cl)c3)(N=[N+]=[N-])C(OC(=O)c3ccccc3)[C@@H]2F)c(=O)n1.[N-]=[N+]=N[C@]1(CO)OC(n2ccc(NCC(=O)O)nc2=O)[C@@H](F)C1O. The third kappa shape index (κ3) is 17.8. The van der Waals surface area contributed by atoms with Crippen LogP contribution in [0.1, 0.15) is 60.7 Å². The molecular weight excluding hydrogens is 1290 g/mol. The number of carboxylic acid groups (broad SMARTS) is 1. The number of aliphatic hydroxyl groups is 4. The van der Waals surface area contributed by atoms with Crippen molar-refractivity contribution in [2.45, 2.75) is 94.0 Å². The van der Waals surface area contributed by atoms with Crippen LogP contribution in [0.5, 0.6) is 0 Å². The molecule has 0 spiro atoms. The van der Waals surface area contributed by atoms with E-state index in [4.69, 9.17) is 60.9 Å². The maximum absolute atomic E-state index is 16.1. The molecule has 6 unspecified atom stereocenters. The Labute approximate surface area is 530 Å². The maximum Gasteiger partial charge on any atom is 0.351 e. The van der Waals surface area contributed by atoms with Crippen molar-refractivity contribution in [3.63, 3.8) is 0 Å². The Balaban J connectivity index is 0.000000271. The molecule has 12 atom stereocenters. The molecule has 3 aliphatic rings. The fourth-order valence-corrected chi connectivity index (χ4v) is 8.81. The Bertz CT molecular complexity index is 3850. The maximum atomic E-state index is 16.1. The van der Waals surface area contributed by atoms with Gasteiger partial charge in [0.2, 0.25) is 17.2 Å². The Morgan fingerprint density at radius 2 is 1.01 bits per heavy atom. The number of esters is 4. The molecule has 2 aromatic carbocycles. The van der Waals surface area contributed by atoms with Crippen LogP contribution in [0.25, 0.3) is 31.3 Å². The molecule has 0 saturated carbocycles. The average molecular weight is 1350 g/mol. The van der Waals surface area contributed by atoms with Crippen molar-refractivity contribution in [2.75, 3.05) is 68.6 Å². The summed E-state index contributed by atoms with van der Waals surface area (Å²) < 4.78 is 83.1. The average Bonchev–Trinajstić information content (AvgIpc) is 1.62. The first-order valence-corrected chi connectivity index (χ1v) is 27.2. The van der Waals surface area contributed by atoms with E-state index in [0.29, 0.717) is 4.57 Å². The van der Waals surface area contributed by atoms with E-state index in [-0.39, 0.29) is 67.3 Å². The van der Waals surface area contributed by atoms with E-state index < -0.39 is 146 Å². The molecule has 3 saturated heterocycles. The molecule has 38 nitrogen and oxygen atoms in total. The Morgan fingerprint density at radius 3 is 1.40 bits per heavy atom. The van der Waals surface area contributed by atoms with E-state index in [2.05, 4.69) is 61.0 Å². The number of aliphatic carboxylic acids is 1. The van der Waals surface area contributed by atoms with Crippen LogP contribution in [0.2, 0.25) is 5.02 Å². The molecule has 6 heterocycles. The fourth-order valence-electron chi connectivity index (χ4n) is 8.62. The number of hydrogen-bond donors (Lipinski definition) is 8. The smallest absolute Gasteiger partial charge is 0.351 e. The first-order chi connectivity index (χ1) is 44.4. The lowest BCUT2D eigenvalue weighted by molar-refractivity contribution is -0.141. The summed E-state index contributed by atoms with van der Waals surface area (Å²) in [4.78, 5) is 114. The van der Waals surface area contributed by atoms with Crippen LogP contribution >= 0.6 is 11.6 Å². The van der Waals surface area contributed by atoms with Gasteiger partial charge in [-0.2, -0.15) is 15.0 Å². The number of azide groups is 3. The van der Waals surface area contributed by atoms with Crippen LogP contribution in [0.4, 0.5) is 30.6 Å². The Kier molecular flexibility index (Phi) is 26.7. The summed E-state index contributed by atoms with van der Waals surface area (Å²) in [6.45, 7) is -0.263. The zero-order valence-electron chi connectivity index (χ0n) is 48.1. The minimum atomic E-state index is -2.45. The van der Waals surface area contributed by atoms with Gasteiger partial charge >= 0.3 is 46.9 Å². The molecule has 3 aromatic heterocycles. The number of carbonyl (C=O) groups excluding carboxylic acids is 4. The Hall–Kier alpha value is -10.4. The minimum absolute atomic E-state index is 0. The molecule has 5 aromatic rings. The monoisotopic (exact) mass is 1350 g/mol. The number of halogens is 4. The zero-order valence-corrected chi connectivity index (χ0v) is 48.8. The van der Waals surface area contributed by atoms with Crippen molar-refractivity contribution in [1.82, 2.24) is 28.7 Å². The molecule has 504 valence electrons. The lowest BCUT2D eigenvalue weighted by atomic mass is 10.1. The number of carbonyl (C=O) groups is 5. The summed E-state index contributed by atoms with van der Waals surface area (Å²) in [5, 5.41) is 64.3. The second-order valence-electron chi connectivity index (χ2n) is 19.0. The number of nitrogens with zero attached hydrogens (tertiary/aromatic N) is 15. The van der Waals surface area contributed by atoms with E-state index in [1.165, 1.54) is 54.6 Å². The van der Waals surface area contributed by atoms with E-state index in [1.807, 2.05) is 0 Å². The van der Waals surface area contributed by atoms with Crippen LogP contribution in [0.15, 0.2) is 121 Å². The van der Waals surface area contributed by atoms with Gasteiger partial charge < -0.3 is 74.6 Å². The van der Waals surface area contributed by atoms with Gasteiger partial charge in [0.15, 0.2) is 43.3 Å². The molecule has 3 aliphatic heterocycles. The molecule has 8 N–H and O–H groups in total. The largest absolute Gasteiger partial charge is 0.480 e. The number of benzene rings is 2. The minimum Gasteiger partial charge on any atom is -0.480 e. The first kappa shape index (κ1) is 74.3. The molecule has 42 heteroatoms. The normalized spacial score (nSPS) is 24.6. The summed E-state index contributed by atoms with van der Waals surface area (Å²) in [6.07, 6.45) is -14.5. The third-order valence-corrected chi connectivity index (χ3v) is 13.3. The molecule has 0 bridgehead atoms. The summed E-state index contributed by atoms with van der Waals surface area (Å²) >= 11 is 5.94. The summed E-state index contributed by atoms with van der Waals surface area (Å²) in [6, 6.07) is 17.0. The van der Waals surface area contributed by atoms with Crippen molar-refractivity contribution >= 4 is 58.9 Å². The van der Waals surface area contributed by atoms with E-state index in [0.717, 1.165) is 27.7 Å². The van der Waals surface area contributed by atoms with Crippen molar-refractivity contribution < 1.29 is 95.8 Å². The van der Waals surface area contributed by atoms with E-state index >= 15 is 4.39 Å². The lowest BCUT2D eigenvalue weighted by Crippen LogP contribution is -2.47. The van der Waals surface area contributed by atoms with Crippen LogP contribution in [-0.4, -0.2) is 191 Å². The van der Waals surface area contributed by atoms with Crippen LogP contribution < -0.4 is 33.0 Å². The summed E-state index contributed by atoms with van der Waals surface area (Å²) in [5.74, 6) is -4.28. The predicted octanol–water partition coefficient (Wildman–Crippen LogP) is 2.88.